The van der Waals surface area contributed by atoms with E-state index in [1.165, 1.54) is 101 Å². The van der Waals surface area contributed by atoms with Gasteiger partial charge in [-0.05, 0) is 133 Å². The molecule has 59 heavy (non-hydrogen) atoms. The topological polar surface area (TPSA) is 6.48 Å². The lowest BCUT2D eigenvalue weighted by atomic mass is 9.70. The average Bonchev–Trinajstić information content (AvgIpc) is 3.49. The Morgan fingerprint density at radius 3 is 1.37 bits per heavy atom. The lowest BCUT2D eigenvalue weighted by Gasteiger charge is -2.43. The van der Waals surface area contributed by atoms with Crippen molar-refractivity contribution in [3.63, 3.8) is 0 Å². The zero-order valence-corrected chi connectivity index (χ0v) is 34.7. The van der Waals surface area contributed by atoms with Crippen molar-refractivity contribution in [3.05, 3.63) is 215 Å². The molecule has 0 amide bonds. The molecule has 2 heterocycles. The zero-order valence-electron chi connectivity index (χ0n) is 34.7. The van der Waals surface area contributed by atoms with Crippen molar-refractivity contribution < 1.29 is 0 Å². The first-order valence-electron chi connectivity index (χ1n) is 21.0. The van der Waals surface area contributed by atoms with Gasteiger partial charge in [0.05, 0.1) is 22.7 Å². The predicted molar refractivity (Wildman–Crippen MR) is 248 cm³/mol. The summed E-state index contributed by atoms with van der Waals surface area (Å²) < 4.78 is 0. The minimum absolute atomic E-state index is 0.102. The third kappa shape index (κ3) is 5.18. The molecule has 0 N–H and O–H groups in total. The van der Waals surface area contributed by atoms with Crippen LogP contribution in [0.3, 0.4) is 0 Å². The molecular formula is C57H48N2. The highest BCUT2D eigenvalue weighted by Gasteiger charge is 2.43. The second-order valence-corrected chi connectivity index (χ2v) is 18.2. The maximum atomic E-state index is 2.53. The Morgan fingerprint density at radius 2 is 0.712 bits per heavy atom. The van der Waals surface area contributed by atoms with Gasteiger partial charge in [-0.3, -0.25) is 0 Å². The minimum atomic E-state index is -0.269. The van der Waals surface area contributed by atoms with E-state index < -0.39 is 0 Å². The maximum Gasteiger partial charge on any atom is 0.0506 e. The van der Waals surface area contributed by atoms with Crippen LogP contribution in [0.1, 0.15) is 74.9 Å². The fourth-order valence-electron chi connectivity index (χ4n) is 10.6. The van der Waals surface area contributed by atoms with Crippen LogP contribution in [0, 0.1) is 0 Å². The van der Waals surface area contributed by atoms with Crippen molar-refractivity contribution in [2.45, 2.75) is 57.8 Å². The van der Waals surface area contributed by atoms with Gasteiger partial charge in [0.1, 0.15) is 0 Å². The van der Waals surface area contributed by atoms with E-state index >= 15 is 0 Å². The van der Waals surface area contributed by atoms with Crippen LogP contribution in [-0.2, 0) is 16.2 Å². The molecule has 2 aliphatic heterocycles. The number of fused-ring (bicyclic) bond motifs is 7. The Bertz CT molecular complexity index is 2950. The Kier molecular flexibility index (Phi) is 7.63. The molecule has 8 aromatic rings. The molecule has 0 fully saturated rings. The molecular weight excluding hydrogens is 713 g/mol. The summed E-state index contributed by atoms with van der Waals surface area (Å²) in [5, 5.41) is 0. The van der Waals surface area contributed by atoms with E-state index in [2.05, 4.69) is 233 Å². The molecule has 0 saturated heterocycles. The zero-order chi connectivity index (χ0) is 40.3. The van der Waals surface area contributed by atoms with Crippen molar-refractivity contribution in [2.24, 2.45) is 0 Å². The highest BCUT2D eigenvalue weighted by atomic mass is 15.2. The highest BCUT2D eigenvalue weighted by Crippen LogP contribution is 2.58. The fourth-order valence-corrected chi connectivity index (χ4v) is 10.6. The molecule has 286 valence electrons. The Morgan fingerprint density at radius 1 is 0.271 bits per heavy atom. The van der Waals surface area contributed by atoms with E-state index in [0.29, 0.717) is 0 Å². The second kappa shape index (κ2) is 12.7. The molecule has 0 spiro atoms. The van der Waals surface area contributed by atoms with E-state index in [4.69, 9.17) is 0 Å². The molecule has 3 aliphatic rings. The first-order valence-corrected chi connectivity index (χ1v) is 21.0. The molecule has 2 nitrogen and oxygen atoms in total. The third-order valence-electron chi connectivity index (χ3n) is 13.8. The number of nitrogens with zero attached hydrogens (tertiary/aromatic N) is 2. The van der Waals surface area contributed by atoms with Gasteiger partial charge in [-0.1, -0.05) is 157 Å². The molecule has 0 atom stereocenters. The van der Waals surface area contributed by atoms with Crippen LogP contribution < -0.4 is 9.80 Å². The average molecular weight is 761 g/mol. The van der Waals surface area contributed by atoms with E-state index in [1.807, 2.05) is 0 Å². The molecule has 0 saturated carbocycles. The Labute approximate surface area is 349 Å². The first-order chi connectivity index (χ1) is 28.5. The number of anilines is 6. The van der Waals surface area contributed by atoms with Crippen LogP contribution in [0.5, 0.6) is 0 Å². The molecule has 1 aliphatic carbocycles. The summed E-state index contributed by atoms with van der Waals surface area (Å²) >= 11 is 0. The predicted octanol–water partition coefficient (Wildman–Crippen LogP) is 15.5. The summed E-state index contributed by atoms with van der Waals surface area (Å²) in [5.74, 6) is 0. The van der Waals surface area contributed by atoms with Crippen LogP contribution in [0.2, 0.25) is 0 Å². The summed E-state index contributed by atoms with van der Waals surface area (Å²) in [5.41, 5.74) is 22.5. The van der Waals surface area contributed by atoms with E-state index in [9.17, 15) is 0 Å². The molecule has 8 aromatic carbocycles. The number of benzene rings is 8. The maximum absolute atomic E-state index is 2.53. The molecule has 0 unspecified atom stereocenters. The van der Waals surface area contributed by atoms with E-state index in [1.54, 1.807) is 0 Å². The van der Waals surface area contributed by atoms with Gasteiger partial charge in [-0.15, -0.1) is 0 Å². The largest absolute Gasteiger partial charge is 0.310 e. The number of hydrogen-bond donors (Lipinski definition) is 0. The van der Waals surface area contributed by atoms with Crippen LogP contribution >= 0.6 is 0 Å². The highest BCUT2D eigenvalue weighted by molar-refractivity contribution is 5.93. The van der Waals surface area contributed by atoms with Gasteiger partial charge in [0.25, 0.3) is 0 Å². The number of hydrogen-bond acceptors (Lipinski definition) is 2. The van der Waals surface area contributed by atoms with Crippen molar-refractivity contribution >= 4 is 34.1 Å². The normalized spacial score (nSPS) is 16.0. The van der Waals surface area contributed by atoms with Gasteiger partial charge < -0.3 is 9.80 Å². The monoisotopic (exact) mass is 760 g/mol. The quantitative estimate of drug-likeness (QED) is 0.176. The van der Waals surface area contributed by atoms with Gasteiger partial charge >= 0.3 is 0 Å². The number of para-hydroxylation sites is 2. The Balaban J connectivity index is 1.09. The van der Waals surface area contributed by atoms with Crippen LogP contribution in [0.25, 0.3) is 33.4 Å². The molecule has 0 radical (unpaired) electrons. The Hall–Kier alpha value is -6.64. The standard InChI is InChI=1S/C57H48N2/c1-55(2)45-22-14-13-21-43(45)44-35-50-54(36-47(44)55)59(42-29-25-38(26-30-42)37-17-9-7-10-18-37)53-32-28-40(34-49(53)57(50,5)6)39-27-31-52-48(33-39)56(3,4)46-23-15-16-24-51(46)58(52)41-19-11-8-12-20-41/h7-36H,1-6H3. The van der Waals surface area contributed by atoms with Crippen LogP contribution in [0.15, 0.2) is 182 Å². The molecule has 2 heteroatoms. The summed E-state index contributed by atoms with van der Waals surface area (Å²) in [6.45, 7) is 14.4. The lowest BCUT2D eigenvalue weighted by Crippen LogP contribution is -2.31. The van der Waals surface area contributed by atoms with E-state index in [0.717, 1.165) is 0 Å². The van der Waals surface area contributed by atoms with Crippen molar-refractivity contribution in [2.75, 3.05) is 9.80 Å². The summed E-state index contributed by atoms with van der Waals surface area (Å²) in [6, 6.07) is 67.9. The van der Waals surface area contributed by atoms with Crippen LogP contribution in [0.4, 0.5) is 34.1 Å². The van der Waals surface area contributed by atoms with Gasteiger partial charge in [0.2, 0.25) is 0 Å². The fraction of sp³-hybridized carbons (Fsp3) is 0.158. The van der Waals surface area contributed by atoms with Gasteiger partial charge in [0, 0.05) is 27.6 Å². The third-order valence-corrected chi connectivity index (χ3v) is 13.8. The van der Waals surface area contributed by atoms with Crippen molar-refractivity contribution in [1.82, 2.24) is 0 Å². The smallest absolute Gasteiger partial charge is 0.0506 e. The van der Waals surface area contributed by atoms with Crippen LogP contribution in [-0.4, -0.2) is 0 Å². The minimum Gasteiger partial charge on any atom is -0.310 e. The first kappa shape index (κ1) is 35.5. The molecule has 11 rings (SSSR count). The SMILES string of the molecule is CC1(C)c2ccccc2-c2cc3c(cc21)N(c1ccc(-c2ccccc2)cc1)c1ccc(-c2ccc4c(c2)C(C)(C)c2ccccc2N4c2ccccc2)cc1C3(C)C. The molecule has 0 bridgehead atoms. The lowest BCUT2D eigenvalue weighted by molar-refractivity contribution is 0.627. The van der Waals surface area contributed by atoms with Gasteiger partial charge in [-0.2, -0.15) is 0 Å². The second-order valence-electron chi connectivity index (χ2n) is 18.2. The van der Waals surface area contributed by atoms with Gasteiger partial charge in [0.15, 0.2) is 0 Å². The summed E-state index contributed by atoms with van der Waals surface area (Å²) in [4.78, 5) is 4.96. The van der Waals surface area contributed by atoms with Crippen molar-refractivity contribution in [1.29, 1.82) is 0 Å². The summed E-state index contributed by atoms with van der Waals surface area (Å²) in [6.07, 6.45) is 0. The molecule has 0 aromatic heterocycles. The van der Waals surface area contributed by atoms with E-state index in [-0.39, 0.29) is 16.2 Å². The summed E-state index contributed by atoms with van der Waals surface area (Å²) in [7, 11) is 0. The van der Waals surface area contributed by atoms with Gasteiger partial charge in [-0.25, -0.2) is 0 Å². The van der Waals surface area contributed by atoms with Crippen molar-refractivity contribution in [3.8, 4) is 33.4 Å². The number of rotatable bonds is 4.